The van der Waals surface area contributed by atoms with E-state index in [1.54, 1.807) is 10.9 Å². The first-order chi connectivity index (χ1) is 5.24. The summed E-state index contributed by atoms with van der Waals surface area (Å²) in [5.74, 6) is 1.33. The number of rotatable bonds is 3. The molecule has 1 unspecified atom stereocenters. The van der Waals surface area contributed by atoms with Gasteiger partial charge in [0.25, 0.3) is 0 Å². The predicted molar refractivity (Wildman–Crippen MR) is 45.6 cm³/mol. The van der Waals surface area contributed by atoms with Gasteiger partial charge in [-0.05, 0) is 6.07 Å². The maximum atomic E-state index is 11.1. The van der Waals surface area contributed by atoms with Crippen molar-refractivity contribution in [2.24, 2.45) is 7.05 Å². The van der Waals surface area contributed by atoms with Crippen LogP contribution in [-0.2, 0) is 23.6 Å². The molecular formula is C7H12N2OS. The lowest BCUT2D eigenvalue weighted by atomic mass is 10.5. The standard InChI is InChI=1S/C7H12N2OS/c1-3-11(10)6-7-4-5-8-9(7)2/h4-5H,3,6H2,1-2H3. The zero-order valence-corrected chi connectivity index (χ0v) is 7.60. The van der Waals surface area contributed by atoms with Crippen molar-refractivity contribution in [3.05, 3.63) is 18.0 Å². The minimum Gasteiger partial charge on any atom is -0.272 e. The van der Waals surface area contributed by atoms with Gasteiger partial charge >= 0.3 is 0 Å². The first-order valence-electron chi connectivity index (χ1n) is 3.56. The van der Waals surface area contributed by atoms with Crippen LogP contribution < -0.4 is 0 Å². The Kier molecular flexibility index (Phi) is 2.82. The number of aromatic nitrogens is 2. The third kappa shape index (κ3) is 2.15. The van der Waals surface area contributed by atoms with Gasteiger partial charge in [-0.2, -0.15) is 5.10 Å². The van der Waals surface area contributed by atoms with E-state index in [9.17, 15) is 4.21 Å². The van der Waals surface area contributed by atoms with Gasteiger partial charge in [0, 0.05) is 29.8 Å². The molecule has 1 aromatic heterocycles. The first-order valence-corrected chi connectivity index (χ1v) is 5.04. The van der Waals surface area contributed by atoms with Crippen LogP contribution in [0.15, 0.2) is 12.3 Å². The van der Waals surface area contributed by atoms with Gasteiger partial charge in [0.15, 0.2) is 0 Å². The molecule has 0 fully saturated rings. The minimum absolute atomic E-state index is 0.618. The molecule has 0 spiro atoms. The van der Waals surface area contributed by atoms with Gasteiger partial charge in [-0.15, -0.1) is 0 Å². The summed E-state index contributed by atoms with van der Waals surface area (Å²) >= 11 is 0. The Morgan fingerprint density at radius 2 is 2.45 bits per heavy atom. The Balaban J connectivity index is 2.64. The van der Waals surface area contributed by atoms with E-state index in [1.807, 2.05) is 20.0 Å². The highest BCUT2D eigenvalue weighted by atomic mass is 32.2. The van der Waals surface area contributed by atoms with Gasteiger partial charge < -0.3 is 0 Å². The number of aryl methyl sites for hydroxylation is 1. The minimum atomic E-state index is -0.727. The zero-order valence-electron chi connectivity index (χ0n) is 6.78. The zero-order chi connectivity index (χ0) is 8.27. The summed E-state index contributed by atoms with van der Waals surface area (Å²) in [5, 5.41) is 3.99. The third-order valence-corrected chi connectivity index (χ3v) is 2.81. The normalized spacial score (nSPS) is 13.3. The Morgan fingerprint density at radius 1 is 1.73 bits per heavy atom. The van der Waals surface area contributed by atoms with Crippen molar-refractivity contribution >= 4 is 10.8 Å². The fourth-order valence-electron chi connectivity index (χ4n) is 0.810. The van der Waals surface area contributed by atoms with Crippen LogP contribution >= 0.6 is 0 Å². The van der Waals surface area contributed by atoms with E-state index in [0.717, 1.165) is 5.69 Å². The first kappa shape index (κ1) is 8.46. The van der Waals surface area contributed by atoms with Crippen LogP contribution in [0, 0.1) is 0 Å². The van der Waals surface area contributed by atoms with Crippen molar-refractivity contribution in [2.75, 3.05) is 5.75 Å². The fraction of sp³-hybridized carbons (Fsp3) is 0.571. The molecule has 0 amide bonds. The van der Waals surface area contributed by atoms with E-state index < -0.39 is 10.8 Å². The SMILES string of the molecule is CCS(=O)Cc1ccnn1C. The quantitative estimate of drug-likeness (QED) is 0.672. The molecule has 0 aliphatic carbocycles. The highest BCUT2D eigenvalue weighted by molar-refractivity contribution is 7.84. The predicted octanol–water partition coefficient (Wildman–Crippen LogP) is 0.689. The molecule has 0 aromatic carbocycles. The molecule has 4 heteroatoms. The van der Waals surface area contributed by atoms with Crippen LogP contribution in [0.1, 0.15) is 12.6 Å². The summed E-state index contributed by atoms with van der Waals surface area (Å²) in [6, 6.07) is 1.90. The van der Waals surface area contributed by atoms with E-state index >= 15 is 0 Å². The van der Waals surface area contributed by atoms with Crippen molar-refractivity contribution in [3.63, 3.8) is 0 Å². The van der Waals surface area contributed by atoms with Gasteiger partial charge in [-0.1, -0.05) is 6.92 Å². The van der Waals surface area contributed by atoms with Crippen LogP contribution in [0.4, 0.5) is 0 Å². The molecule has 1 aromatic rings. The molecule has 0 saturated carbocycles. The van der Waals surface area contributed by atoms with Gasteiger partial charge in [-0.25, -0.2) is 0 Å². The lowest BCUT2D eigenvalue weighted by Gasteiger charge is -1.98. The molecule has 0 aliphatic heterocycles. The molecular weight excluding hydrogens is 160 g/mol. The van der Waals surface area contributed by atoms with Crippen molar-refractivity contribution in [1.29, 1.82) is 0 Å². The molecule has 1 heterocycles. The summed E-state index contributed by atoms with van der Waals surface area (Å²) in [5.41, 5.74) is 1.03. The second-order valence-electron chi connectivity index (χ2n) is 2.32. The van der Waals surface area contributed by atoms with E-state index in [2.05, 4.69) is 5.10 Å². The number of hydrogen-bond acceptors (Lipinski definition) is 2. The highest BCUT2D eigenvalue weighted by Gasteiger charge is 2.01. The second-order valence-corrected chi connectivity index (χ2v) is 4.06. The molecule has 1 atom stereocenters. The molecule has 0 aliphatic rings. The summed E-state index contributed by atoms with van der Waals surface area (Å²) in [6.07, 6.45) is 1.72. The van der Waals surface area contributed by atoms with Gasteiger partial charge in [0.2, 0.25) is 0 Å². The molecule has 62 valence electrons. The Hall–Kier alpha value is -0.640. The number of nitrogens with zero attached hydrogens (tertiary/aromatic N) is 2. The smallest absolute Gasteiger partial charge is 0.0655 e. The van der Waals surface area contributed by atoms with E-state index in [0.29, 0.717) is 11.5 Å². The van der Waals surface area contributed by atoms with Gasteiger partial charge in [0.1, 0.15) is 0 Å². The molecule has 0 saturated heterocycles. The molecule has 3 nitrogen and oxygen atoms in total. The third-order valence-electron chi connectivity index (χ3n) is 1.55. The van der Waals surface area contributed by atoms with Crippen LogP contribution in [0.25, 0.3) is 0 Å². The van der Waals surface area contributed by atoms with Crippen molar-refractivity contribution in [1.82, 2.24) is 9.78 Å². The molecule has 1 rings (SSSR count). The lowest BCUT2D eigenvalue weighted by molar-refractivity contribution is 0.677. The monoisotopic (exact) mass is 172 g/mol. The highest BCUT2D eigenvalue weighted by Crippen LogP contribution is 2.00. The van der Waals surface area contributed by atoms with Crippen molar-refractivity contribution in [2.45, 2.75) is 12.7 Å². The van der Waals surface area contributed by atoms with E-state index in [-0.39, 0.29) is 0 Å². The molecule has 0 bridgehead atoms. The maximum Gasteiger partial charge on any atom is 0.0655 e. The molecule has 0 N–H and O–H groups in total. The van der Waals surface area contributed by atoms with Crippen LogP contribution in [0.2, 0.25) is 0 Å². The largest absolute Gasteiger partial charge is 0.272 e. The fourth-order valence-corrected chi connectivity index (χ4v) is 1.63. The molecule has 11 heavy (non-hydrogen) atoms. The summed E-state index contributed by atoms with van der Waals surface area (Å²) in [6.45, 7) is 1.92. The van der Waals surface area contributed by atoms with Crippen LogP contribution in [0.3, 0.4) is 0 Å². The van der Waals surface area contributed by atoms with E-state index in [1.165, 1.54) is 0 Å². The summed E-state index contributed by atoms with van der Waals surface area (Å²) in [4.78, 5) is 0. The van der Waals surface area contributed by atoms with Gasteiger partial charge in [-0.3, -0.25) is 8.89 Å². The summed E-state index contributed by atoms with van der Waals surface area (Å²) in [7, 11) is 1.14. The van der Waals surface area contributed by atoms with Crippen molar-refractivity contribution < 1.29 is 4.21 Å². The Labute approximate surface area is 68.9 Å². The Morgan fingerprint density at radius 3 is 2.91 bits per heavy atom. The lowest BCUT2D eigenvalue weighted by Crippen LogP contribution is -2.03. The summed E-state index contributed by atoms with van der Waals surface area (Å²) < 4.78 is 12.9. The Bertz CT molecular complexity index is 257. The molecule has 0 radical (unpaired) electrons. The van der Waals surface area contributed by atoms with Crippen LogP contribution in [-0.4, -0.2) is 19.7 Å². The average Bonchev–Trinajstić information content (AvgIpc) is 2.37. The van der Waals surface area contributed by atoms with Crippen molar-refractivity contribution in [3.8, 4) is 0 Å². The van der Waals surface area contributed by atoms with Crippen LogP contribution in [0.5, 0.6) is 0 Å². The average molecular weight is 172 g/mol. The maximum absolute atomic E-state index is 11.1. The number of hydrogen-bond donors (Lipinski definition) is 0. The topological polar surface area (TPSA) is 34.9 Å². The second kappa shape index (κ2) is 3.67. The van der Waals surface area contributed by atoms with E-state index in [4.69, 9.17) is 0 Å². The van der Waals surface area contributed by atoms with Gasteiger partial charge in [0.05, 0.1) is 11.4 Å².